The molecule has 1 atom stereocenters. The van der Waals surface area contributed by atoms with Crippen LogP contribution in [0.1, 0.15) is 21.9 Å². The predicted molar refractivity (Wildman–Crippen MR) is 104 cm³/mol. The first-order valence-corrected chi connectivity index (χ1v) is 10.6. The fourth-order valence-corrected chi connectivity index (χ4v) is 4.20. The van der Waals surface area contributed by atoms with Crippen LogP contribution in [0.25, 0.3) is 11.5 Å². The van der Waals surface area contributed by atoms with E-state index in [0.29, 0.717) is 23.9 Å². The first-order chi connectivity index (χ1) is 12.5. The van der Waals surface area contributed by atoms with Gasteiger partial charge in [0, 0.05) is 21.2 Å². The molecule has 0 saturated carbocycles. The molecule has 7 heteroatoms. The van der Waals surface area contributed by atoms with Gasteiger partial charge in [0.2, 0.25) is 11.8 Å². The predicted octanol–water partition coefficient (Wildman–Crippen LogP) is 3.59. The van der Waals surface area contributed by atoms with Crippen LogP contribution in [0.5, 0.6) is 0 Å². The number of benzene rings is 1. The molecule has 0 fully saturated rings. The first kappa shape index (κ1) is 18.5. The van der Waals surface area contributed by atoms with E-state index in [1.54, 1.807) is 18.3 Å². The minimum Gasteiger partial charge on any atom is -0.441 e. The van der Waals surface area contributed by atoms with E-state index in [0.717, 1.165) is 16.0 Å². The van der Waals surface area contributed by atoms with Crippen molar-refractivity contribution in [3.8, 4) is 11.5 Å². The molecule has 136 valence electrons. The summed E-state index contributed by atoms with van der Waals surface area (Å²) in [6.45, 7) is 4.26. The second kappa shape index (κ2) is 8.42. The molecule has 1 unspecified atom stereocenters. The Morgan fingerprint density at radius 1 is 1.23 bits per heavy atom. The number of carbonyl (C=O) groups is 1. The first-order valence-electron chi connectivity index (χ1n) is 8.19. The monoisotopic (exact) mass is 388 g/mol. The van der Waals surface area contributed by atoms with Gasteiger partial charge in [0.15, 0.2) is 0 Å². The lowest BCUT2D eigenvalue weighted by molar-refractivity contribution is -0.118. The SMILES string of the molecule is Cc1ccccc1-c1nc(CS(=O)CC(=O)NCc2cccs2)c(C)o1. The van der Waals surface area contributed by atoms with Crippen LogP contribution in [0.15, 0.2) is 46.2 Å². The summed E-state index contributed by atoms with van der Waals surface area (Å²) in [5.41, 5.74) is 2.61. The molecule has 1 aromatic carbocycles. The molecule has 2 aromatic heterocycles. The van der Waals surface area contributed by atoms with Crippen LogP contribution in [0.2, 0.25) is 0 Å². The van der Waals surface area contributed by atoms with E-state index >= 15 is 0 Å². The van der Waals surface area contributed by atoms with Crippen LogP contribution >= 0.6 is 11.3 Å². The molecule has 1 amide bonds. The fraction of sp³-hybridized carbons (Fsp3) is 0.263. The van der Waals surface area contributed by atoms with Gasteiger partial charge in [-0.25, -0.2) is 4.98 Å². The number of nitrogens with zero attached hydrogens (tertiary/aromatic N) is 1. The summed E-state index contributed by atoms with van der Waals surface area (Å²) in [4.78, 5) is 17.5. The number of hydrogen-bond donors (Lipinski definition) is 1. The summed E-state index contributed by atoms with van der Waals surface area (Å²) in [7, 11) is -1.34. The Morgan fingerprint density at radius 3 is 2.77 bits per heavy atom. The van der Waals surface area contributed by atoms with E-state index in [9.17, 15) is 9.00 Å². The van der Waals surface area contributed by atoms with Crippen molar-refractivity contribution < 1.29 is 13.4 Å². The molecule has 5 nitrogen and oxygen atoms in total. The van der Waals surface area contributed by atoms with E-state index < -0.39 is 10.8 Å². The number of oxazole rings is 1. The van der Waals surface area contributed by atoms with Crippen LogP contribution in [-0.2, 0) is 27.9 Å². The van der Waals surface area contributed by atoms with Gasteiger partial charge in [-0.2, -0.15) is 0 Å². The van der Waals surface area contributed by atoms with Gasteiger partial charge in [0.1, 0.15) is 11.5 Å². The number of carbonyl (C=O) groups excluding carboxylic acids is 1. The third-order valence-corrected chi connectivity index (χ3v) is 5.95. The molecule has 3 rings (SSSR count). The number of nitrogens with one attached hydrogen (secondary N) is 1. The van der Waals surface area contributed by atoms with Gasteiger partial charge in [-0.05, 0) is 36.9 Å². The highest BCUT2D eigenvalue weighted by Crippen LogP contribution is 2.25. The van der Waals surface area contributed by atoms with E-state index in [1.165, 1.54) is 0 Å². The summed E-state index contributed by atoms with van der Waals surface area (Å²) >= 11 is 1.58. The van der Waals surface area contributed by atoms with Crippen molar-refractivity contribution in [1.82, 2.24) is 10.3 Å². The van der Waals surface area contributed by atoms with Crippen molar-refractivity contribution in [3.05, 3.63) is 63.7 Å². The second-order valence-electron chi connectivity index (χ2n) is 5.92. The average molecular weight is 389 g/mol. The average Bonchev–Trinajstić information content (AvgIpc) is 3.24. The molecule has 0 aliphatic heterocycles. The van der Waals surface area contributed by atoms with Crippen molar-refractivity contribution in [2.24, 2.45) is 0 Å². The molecular formula is C19H20N2O3S2. The highest BCUT2D eigenvalue weighted by molar-refractivity contribution is 7.84. The van der Waals surface area contributed by atoms with Crippen LogP contribution in [0, 0.1) is 13.8 Å². The summed E-state index contributed by atoms with van der Waals surface area (Å²) in [6, 6.07) is 11.7. The number of amides is 1. The van der Waals surface area contributed by atoms with Crippen LogP contribution in [0.4, 0.5) is 0 Å². The van der Waals surface area contributed by atoms with E-state index in [4.69, 9.17) is 4.42 Å². The molecular weight excluding hydrogens is 368 g/mol. The summed E-state index contributed by atoms with van der Waals surface area (Å²) in [5, 5.41) is 4.75. The van der Waals surface area contributed by atoms with Crippen molar-refractivity contribution in [3.63, 3.8) is 0 Å². The zero-order chi connectivity index (χ0) is 18.5. The van der Waals surface area contributed by atoms with Gasteiger partial charge >= 0.3 is 0 Å². The molecule has 0 aliphatic rings. The Bertz CT molecular complexity index is 917. The standard InChI is InChI=1S/C19H20N2O3S2/c1-13-6-3-4-8-16(13)19-21-17(14(2)24-19)11-26(23)12-18(22)20-10-15-7-5-9-25-15/h3-9H,10-12H2,1-2H3,(H,20,22). The smallest absolute Gasteiger partial charge is 0.232 e. The largest absolute Gasteiger partial charge is 0.441 e. The highest BCUT2D eigenvalue weighted by Gasteiger charge is 2.16. The van der Waals surface area contributed by atoms with Crippen LogP contribution in [0.3, 0.4) is 0 Å². The number of thiophene rings is 1. The number of aromatic nitrogens is 1. The molecule has 0 aliphatic carbocycles. The van der Waals surface area contributed by atoms with E-state index in [1.807, 2.05) is 48.7 Å². The van der Waals surface area contributed by atoms with Crippen LogP contribution in [-0.4, -0.2) is 20.9 Å². The van der Waals surface area contributed by atoms with Gasteiger partial charge in [0.25, 0.3) is 0 Å². The number of aryl methyl sites for hydroxylation is 2. The Hall–Kier alpha value is -2.25. The molecule has 0 bridgehead atoms. The van der Waals surface area contributed by atoms with Crippen molar-refractivity contribution in [1.29, 1.82) is 0 Å². The van der Waals surface area contributed by atoms with Crippen molar-refractivity contribution in [2.75, 3.05) is 5.75 Å². The molecule has 3 aromatic rings. The lowest BCUT2D eigenvalue weighted by atomic mass is 10.1. The van der Waals surface area contributed by atoms with Gasteiger partial charge in [0.05, 0.1) is 18.0 Å². The Balaban J connectivity index is 1.59. The molecule has 26 heavy (non-hydrogen) atoms. The normalized spacial score (nSPS) is 12.1. The fourth-order valence-electron chi connectivity index (χ4n) is 2.49. The van der Waals surface area contributed by atoms with Gasteiger partial charge < -0.3 is 9.73 Å². The zero-order valence-corrected chi connectivity index (χ0v) is 16.3. The topological polar surface area (TPSA) is 72.2 Å². The van der Waals surface area contributed by atoms with Crippen molar-refractivity contribution >= 4 is 28.0 Å². The Kier molecular flexibility index (Phi) is 6.00. The molecule has 0 saturated heterocycles. The lowest BCUT2D eigenvalue weighted by Gasteiger charge is -2.03. The lowest BCUT2D eigenvalue weighted by Crippen LogP contribution is -2.28. The molecule has 0 spiro atoms. The van der Waals surface area contributed by atoms with Gasteiger partial charge in [-0.1, -0.05) is 24.3 Å². The number of rotatable bonds is 7. The minimum absolute atomic E-state index is 0.0443. The number of hydrogen-bond acceptors (Lipinski definition) is 5. The van der Waals surface area contributed by atoms with Crippen LogP contribution < -0.4 is 5.32 Å². The van der Waals surface area contributed by atoms with E-state index in [2.05, 4.69) is 10.3 Å². The second-order valence-corrected chi connectivity index (χ2v) is 8.41. The molecule has 1 N–H and O–H groups in total. The quantitative estimate of drug-likeness (QED) is 0.671. The zero-order valence-electron chi connectivity index (χ0n) is 14.7. The molecule has 2 heterocycles. The summed E-state index contributed by atoms with van der Waals surface area (Å²) in [5.74, 6) is 1.09. The van der Waals surface area contributed by atoms with E-state index in [-0.39, 0.29) is 17.4 Å². The molecule has 0 radical (unpaired) electrons. The van der Waals surface area contributed by atoms with Gasteiger partial charge in [-0.15, -0.1) is 11.3 Å². The third-order valence-electron chi connectivity index (χ3n) is 3.90. The van der Waals surface area contributed by atoms with Crippen molar-refractivity contribution in [2.45, 2.75) is 26.1 Å². The Labute approximate surface area is 158 Å². The highest BCUT2D eigenvalue weighted by atomic mass is 32.2. The third kappa shape index (κ3) is 4.68. The maximum atomic E-state index is 12.3. The minimum atomic E-state index is -1.34. The summed E-state index contributed by atoms with van der Waals surface area (Å²) in [6.07, 6.45) is 0. The Morgan fingerprint density at radius 2 is 2.04 bits per heavy atom. The maximum Gasteiger partial charge on any atom is 0.232 e. The summed E-state index contributed by atoms with van der Waals surface area (Å²) < 4.78 is 18.1. The maximum absolute atomic E-state index is 12.3. The van der Waals surface area contributed by atoms with Gasteiger partial charge in [-0.3, -0.25) is 9.00 Å².